The van der Waals surface area contributed by atoms with Crippen molar-refractivity contribution >= 4 is 67.9 Å². The first kappa shape index (κ1) is 22.3. The molecule has 160 valence electrons. The van der Waals surface area contributed by atoms with Crippen molar-refractivity contribution in [2.75, 3.05) is 0 Å². The fourth-order valence-corrected chi connectivity index (χ4v) is 4.18. The van der Waals surface area contributed by atoms with Crippen LogP contribution in [0, 0.1) is 0 Å². The highest BCUT2D eigenvalue weighted by atomic mass is 79.9. The van der Waals surface area contributed by atoms with Crippen LogP contribution in [0.4, 0.5) is 16.2 Å². The molecule has 2 amide bonds. The van der Waals surface area contributed by atoms with Gasteiger partial charge in [0.15, 0.2) is 0 Å². The summed E-state index contributed by atoms with van der Waals surface area (Å²) in [6.07, 6.45) is 1.48. The molecule has 1 aliphatic rings. The van der Waals surface area contributed by atoms with E-state index in [1.807, 2.05) is 24.3 Å². The lowest BCUT2D eigenvalue weighted by Gasteiger charge is -2.12. The third kappa shape index (κ3) is 5.09. The molecule has 1 fully saturated rings. The van der Waals surface area contributed by atoms with E-state index in [4.69, 9.17) is 11.6 Å². The van der Waals surface area contributed by atoms with E-state index >= 15 is 0 Å². The van der Waals surface area contributed by atoms with Gasteiger partial charge in [-0.1, -0.05) is 51.8 Å². The first-order valence-electron chi connectivity index (χ1n) is 9.40. The molecule has 0 aliphatic carbocycles. The Hall–Kier alpha value is -2.94. The van der Waals surface area contributed by atoms with Gasteiger partial charge in [0.2, 0.25) is 0 Å². The predicted octanol–water partition coefficient (Wildman–Crippen LogP) is 7.46. The number of hydrogen-bond donors (Lipinski definition) is 1. The second-order valence-corrected chi connectivity index (χ2v) is 9.10. The number of imide groups is 1. The highest BCUT2D eigenvalue weighted by Gasteiger charge is 2.35. The number of aromatic hydroxyl groups is 1. The van der Waals surface area contributed by atoms with Crippen LogP contribution in [-0.4, -0.2) is 21.2 Å². The van der Waals surface area contributed by atoms with Crippen molar-refractivity contribution in [2.24, 2.45) is 10.2 Å². The number of hydrogen-bond acceptors (Lipinski definition) is 6. The normalized spacial score (nSPS) is 15.3. The summed E-state index contributed by atoms with van der Waals surface area (Å²) in [7, 11) is 0. The number of azo groups is 1. The van der Waals surface area contributed by atoms with Crippen LogP contribution < -0.4 is 0 Å². The average Bonchev–Trinajstić information content (AvgIpc) is 3.04. The van der Waals surface area contributed by atoms with Gasteiger partial charge in [0.25, 0.3) is 11.1 Å². The summed E-state index contributed by atoms with van der Waals surface area (Å²) in [5.41, 5.74) is 2.16. The fourth-order valence-electron chi connectivity index (χ4n) is 2.91. The summed E-state index contributed by atoms with van der Waals surface area (Å²) < 4.78 is 0.914. The van der Waals surface area contributed by atoms with Crippen molar-refractivity contribution in [3.05, 3.63) is 92.3 Å². The van der Waals surface area contributed by atoms with Gasteiger partial charge < -0.3 is 5.11 Å². The molecule has 0 saturated carbocycles. The number of nitrogens with zero attached hydrogens (tertiary/aromatic N) is 3. The largest absolute Gasteiger partial charge is 0.507 e. The lowest BCUT2D eigenvalue weighted by atomic mass is 10.1. The molecule has 4 rings (SSSR count). The molecule has 32 heavy (non-hydrogen) atoms. The van der Waals surface area contributed by atoms with Gasteiger partial charge in [-0.05, 0) is 65.9 Å². The van der Waals surface area contributed by atoms with Gasteiger partial charge in [-0.15, -0.1) is 5.11 Å². The number of phenols is 1. The van der Waals surface area contributed by atoms with E-state index in [-0.39, 0.29) is 22.4 Å². The lowest BCUT2D eigenvalue weighted by molar-refractivity contribution is -0.123. The molecule has 0 radical (unpaired) electrons. The zero-order valence-electron chi connectivity index (χ0n) is 16.4. The van der Waals surface area contributed by atoms with Crippen molar-refractivity contribution in [1.82, 2.24) is 4.90 Å². The zero-order valence-corrected chi connectivity index (χ0v) is 19.6. The topological polar surface area (TPSA) is 82.3 Å². The van der Waals surface area contributed by atoms with Crippen LogP contribution in [0.25, 0.3) is 6.08 Å². The first-order valence-corrected chi connectivity index (χ1v) is 11.4. The number of phenolic OH excluding ortho intramolecular Hbond substituents is 1. The number of halogens is 2. The Bertz CT molecular complexity index is 1260. The molecule has 0 atom stereocenters. The molecule has 1 saturated heterocycles. The van der Waals surface area contributed by atoms with Crippen molar-refractivity contribution in [1.29, 1.82) is 0 Å². The second kappa shape index (κ2) is 9.68. The summed E-state index contributed by atoms with van der Waals surface area (Å²) in [6.45, 7) is 0.174. The van der Waals surface area contributed by atoms with Crippen LogP contribution in [-0.2, 0) is 11.3 Å². The fraction of sp³-hybridized carbons (Fsp3) is 0.0435. The first-order chi connectivity index (χ1) is 15.4. The molecule has 0 bridgehead atoms. The summed E-state index contributed by atoms with van der Waals surface area (Å²) >= 11 is 10.3. The Morgan fingerprint density at radius 3 is 2.53 bits per heavy atom. The number of thioether (sulfide) groups is 1. The molecular formula is C23H15BrClN3O3S. The Morgan fingerprint density at radius 1 is 1.03 bits per heavy atom. The molecule has 0 spiro atoms. The minimum atomic E-state index is -0.412. The predicted molar refractivity (Wildman–Crippen MR) is 129 cm³/mol. The standard InChI is InChI=1S/C23H15BrClN3O3S/c24-16-7-5-14(6-8-16)13-28-22(30)21(32-23(28)31)12-15-11-17(9-10-20(15)29)26-27-19-4-2-1-3-18(19)25/h1-12,29H,13H2/b21-12-,27-26?. The van der Waals surface area contributed by atoms with E-state index in [1.54, 1.807) is 36.4 Å². The SMILES string of the molecule is O=C1S/C(=C\c2cc(N=Nc3ccccc3Cl)ccc2O)C(=O)N1Cc1ccc(Br)cc1. The summed E-state index contributed by atoms with van der Waals surface area (Å²) in [5.74, 6) is -0.452. The number of carbonyl (C=O) groups excluding carboxylic acids is 2. The Labute approximate surface area is 201 Å². The van der Waals surface area contributed by atoms with E-state index in [1.165, 1.54) is 17.0 Å². The maximum Gasteiger partial charge on any atom is 0.293 e. The van der Waals surface area contributed by atoms with E-state index in [2.05, 4.69) is 26.2 Å². The van der Waals surface area contributed by atoms with Crippen LogP contribution >= 0.6 is 39.3 Å². The molecule has 0 aromatic heterocycles. The van der Waals surface area contributed by atoms with E-state index < -0.39 is 5.91 Å². The minimum Gasteiger partial charge on any atom is -0.507 e. The third-order valence-corrected chi connectivity index (χ3v) is 6.31. The van der Waals surface area contributed by atoms with Gasteiger partial charge in [-0.3, -0.25) is 14.5 Å². The molecular weight excluding hydrogens is 514 g/mol. The van der Waals surface area contributed by atoms with Crippen LogP contribution in [0.5, 0.6) is 5.75 Å². The van der Waals surface area contributed by atoms with Gasteiger partial charge in [0, 0.05) is 10.0 Å². The highest BCUT2D eigenvalue weighted by molar-refractivity contribution is 9.10. The van der Waals surface area contributed by atoms with Crippen molar-refractivity contribution < 1.29 is 14.7 Å². The number of benzene rings is 3. The second-order valence-electron chi connectivity index (χ2n) is 6.79. The maximum absolute atomic E-state index is 12.8. The van der Waals surface area contributed by atoms with Crippen molar-refractivity contribution in [3.8, 4) is 5.75 Å². The molecule has 1 N–H and O–H groups in total. The Kier molecular flexibility index (Phi) is 6.74. The van der Waals surface area contributed by atoms with Crippen LogP contribution in [0.15, 0.2) is 86.3 Å². The van der Waals surface area contributed by atoms with Gasteiger partial charge in [0.05, 0.1) is 22.2 Å². The zero-order chi connectivity index (χ0) is 22.7. The third-order valence-electron chi connectivity index (χ3n) is 4.55. The summed E-state index contributed by atoms with van der Waals surface area (Å²) in [6, 6.07) is 19.1. The quantitative estimate of drug-likeness (QED) is 0.275. The molecule has 1 aliphatic heterocycles. The van der Waals surface area contributed by atoms with Gasteiger partial charge in [-0.25, -0.2) is 0 Å². The monoisotopic (exact) mass is 527 g/mol. The molecule has 0 unspecified atom stereocenters. The van der Waals surface area contributed by atoms with E-state index in [0.29, 0.717) is 22.0 Å². The highest BCUT2D eigenvalue weighted by Crippen LogP contribution is 2.36. The van der Waals surface area contributed by atoms with Crippen LogP contribution in [0.2, 0.25) is 5.02 Å². The summed E-state index contributed by atoms with van der Waals surface area (Å²) in [4.78, 5) is 26.6. The molecule has 3 aromatic carbocycles. The van der Waals surface area contributed by atoms with Gasteiger partial charge >= 0.3 is 0 Å². The van der Waals surface area contributed by atoms with E-state index in [0.717, 1.165) is 21.8 Å². The molecule has 6 nitrogen and oxygen atoms in total. The Morgan fingerprint density at radius 2 is 1.78 bits per heavy atom. The minimum absolute atomic E-state index is 0.0404. The maximum atomic E-state index is 12.8. The Balaban J connectivity index is 1.56. The van der Waals surface area contributed by atoms with Crippen molar-refractivity contribution in [3.63, 3.8) is 0 Å². The molecule has 9 heteroatoms. The molecule has 1 heterocycles. The number of carbonyl (C=O) groups is 2. The van der Waals surface area contributed by atoms with E-state index in [9.17, 15) is 14.7 Å². The van der Waals surface area contributed by atoms with Gasteiger partial charge in [0.1, 0.15) is 11.4 Å². The number of amides is 2. The summed E-state index contributed by atoms with van der Waals surface area (Å²) in [5, 5.41) is 18.6. The smallest absolute Gasteiger partial charge is 0.293 e. The van der Waals surface area contributed by atoms with Crippen molar-refractivity contribution in [2.45, 2.75) is 6.54 Å². The van der Waals surface area contributed by atoms with Crippen LogP contribution in [0.1, 0.15) is 11.1 Å². The van der Waals surface area contributed by atoms with Gasteiger partial charge in [-0.2, -0.15) is 5.11 Å². The molecule has 3 aromatic rings. The lowest BCUT2D eigenvalue weighted by Crippen LogP contribution is -2.27. The average molecular weight is 529 g/mol. The van der Waals surface area contributed by atoms with Crippen LogP contribution in [0.3, 0.4) is 0 Å². The number of rotatable bonds is 5.